The van der Waals surface area contributed by atoms with Gasteiger partial charge in [0.15, 0.2) is 10.9 Å². The first kappa shape index (κ1) is 19.2. The molecule has 1 aromatic carbocycles. The van der Waals surface area contributed by atoms with E-state index in [1.165, 1.54) is 6.07 Å². The molecular formula is C17H21F3N4S. The number of alkyl halides is 3. The van der Waals surface area contributed by atoms with E-state index in [0.717, 1.165) is 37.2 Å². The van der Waals surface area contributed by atoms with Crippen LogP contribution in [0.5, 0.6) is 0 Å². The zero-order chi connectivity index (χ0) is 18.4. The lowest BCUT2D eigenvalue weighted by Crippen LogP contribution is -2.29. The topological polar surface area (TPSA) is 41.9 Å². The number of nitrogens with one attached hydrogen (secondary N) is 2. The van der Waals surface area contributed by atoms with Crippen LogP contribution in [0.1, 0.15) is 36.6 Å². The van der Waals surface area contributed by atoms with Gasteiger partial charge in [-0.25, -0.2) is 0 Å². The molecule has 0 aliphatic rings. The Morgan fingerprint density at radius 1 is 1.28 bits per heavy atom. The SMILES string of the molecule is CCCCNC(=S)Nc1cc(C)n(Cc2cccc(C(F)(F)F)c2)n1. The molecule has 0 aliphatic heterocycles. The maximum atomic E-state index is 12.8. The van der Waals surface area contributed by atoms with E-state index < -0.39 is 11.7 Å². The predicted octanol–water partition coefficient (Wildman–Crippen LogP) is 4.35. The van der Waals surface area contributed by atoms with Crippen molar-refractivity contribution < 1.29 is 13.2 Å². The van der Waals surface area contributed by atoms with Crippen LogP contribution in [0, 0.1) is 6.92 Å². The van der Waals surface area contributed by atoms with Crippen molar-refractivity contribution in [2.24, 2.45) is 0 Å². The van der Waals surface area contributed by atoms with E-state index in [2.05, 4.69) is 22.7 Å². The minimum atomic E-state index is -4.35. The zero-order valence-corrected chi connectivity index (χ0v) is 15.0. The van der Waals surface area contributed by atoms with E-state index in [-0.39, 0.29) is 6.54 Å². The van der Waals surface area contributed by atoms with Gasteiger partial charge < -0.3 is 10.6 Å². The molecule has 0 saturated heterocycles. The first-order chi connectivity index (χ1) is 11.8. The number of nitrogens with zero attached hydrogens (tertiary/aromatic N) is 2. The molecule has 0 fully saturated rings. The van der Waals surface area contributed by atoms with Crippen molar-refractivity contribution in [3.8, 4) is 0 Å². The lowest BCUT2D eigenvalue weighted by atomic mass is 10.1. The van der Waals surface area contributed by atoms with Gasteiger partial charge in [0.25, 0.3) is 0 Å². The lowest BCUT2D eigenvalue weighted by molar-refractivity contribution is -0.137. The summed E-state index contributed by atoms with van der Waals surface area (Å²) in [6, 6.07) is 7.07. The number of thiocarbonyl (C=S) groups is 1. The highest BCUT2D eigenvalue weighted by Gasteiger charge is 2.30. The van der Waals surface area contributed by atoms with E-state index in [9.17, 15) is 13.2 Å². The third-order valence-corrected chi connectivity index (χ3v) is 3.87. The Bertz CT molecular complexity index is 725. The Kier molecular flexibility index (Phi) is 6.41. The van der Waals surface area contributed by atoms with Crippen molar-refractivity contribution in [2.75, 3.05) is 11.9 Å². The van der Waals surface area contributed by atoms with Crippen LogP contribution >= 0.6 is 12.2 Å². The summed E-state index contributed by atoms with van der Waals surface area (Å²) in [4.78, 5) is 0. The van der Waals surface area contributed by atoms with Gasteiger partial charge in [0.05, 0.1) is 12.1 Å². The average molecular weight is 370 g/mol. The first-order valence-corrected chi connectivity index (χ1v) is 8.46. The predicted molar refractivity (Wildman–Crippen MR) is 96.6 cm³/mol. The summed E-state index contributed by atoms with van der Waals surface area (Å²) in [7, 11) is 0. The van der Waals surface area contributed by atoms with Gasteiger partial charge in [0.2, 0.25) is 0 Å². The Hall–Kier alpha value is -2.09. The summed E-state index contributed by atoms with van der Waals surface area (Å²) in [5.41, 5.74) is 0.710. The van der Waals surface area contributed by atoms with E-state index in [4.69, 9.17) is 12.2 Å². The molecule has 0 bridgehead atoms. The Balaban J connectivity index is 2.04. The van der Waals surface area contributed by atoms with Crippen LogP contribution in [0.2, 0.25) is 0 Å². The third-order valence-electron chi connectivity index (χ3n) is 3.63. The molecule has 0 aliphatic carbocycles. The summed E-state index contributed by atoms with van der Waals surface area (Å²) in [5.74, 6) is 0.568. The second-order valence-electron chi connectivity index (χ2n) is 5.76. The molecular weight excluding hydrogens is 349 g/mol. The summed E-state index contributed by atoms with van der Waals surface area (Å²) in [6.45, 7) is 4.98. The number of halogens is 3. The molecule has 1 aromatic heterocycles. The molecule has 1 heterocycles. The van der Waals surface area contributed by atoms with Crippen LogP contribution in [-0.2, 0) is 12.7 Å². The summed E-state index contributed by atoms with van der Waals surface area (Å²) < 4.78 is 40.1. The van der Waals surface area contributed by atoms with E-state index in [1.807, 2.05) is 6.92 Å². The molecule has 0 saturated carbocycles. The molecule has 0 atom stereocenters. The van der Waals surface area contributed by atoms with Crippen molar-refractivity contribution >= 4 is 23.1 Å². The van der Waals surface area contributed by atoms with Gasteiger partial charge >= 0.3 is 6.18 Å². The highest BCUT2D eigenvalue weighted by Crippen LogP contribution is 2.29. The van der Waals surface area contributed by atoms with Crippen molar-refractivity contribution in [3.63, 3.8) is 0 Å². The molecule has 2 aromatic rings. The highest BCUT2D eigenvalue weighted by molar-refractivity contribution is 7.80. The number of hydrogen-bond acceptors (Lipinski definition) is 2. The van der Waals surface area contributed by atoms with Gasteiger partial charge in [-0.05, 0) is 43.3 Å². The number of hydrogen-bond donors (Lipinski definition) is 2. The van der Waals surface area contributed by atoms with Crippen LogP contribution < -0.4 is 10.6 Å². The number of rotatable bonds is 6. The monoisotopic (exact) mass is 370 g/mol. The van der Waals surface area contributed by atoms with Crippen molar-refractivity contribution in [2.45, 2.75) is 39.4 Å². The maximum absolute atomic E-state index is 12.8. The molecule has 0 radical (unpaired) electrons. The summed E-state index contributed by atoms with van der Waals surface area (Å²) in [6.07, 6.45) is -2.26. The minimum Gasteiger partial charge on any atom is -0.362 e. The molecule has 4 nitrogen and oxygen atoms in total. The molecule has 0 spiro atoms. The zero-order valence-electron chi connectivity index (χ0n) is 14.2. The second kappa shape index (κ2) is 8.33. The van der Waals surface area contributed by atoms with Gasteiger partial charge in [-0.2, -0.15) is 18.3 Å². The van der Waals surface area contributed by atoms with Crippen LogP contribution in [-0.4, -0.2) is 21.4 Å². The molecule has 8 heteroatoms. The molecule has 2 N–H and O–H groups in total. The first-order valence-electron chi connectivity index (χ1n) is 8.05. The quantitative estimate of drug-likeness (QED) is 0.586. The fourth-order valence-electron chi connectivity index (χ4n) is 2.29. The maximum Gasteiger partial charge on any atom is 0.416 e. The normalized spacial score (nSPS) is 11.4. The van der Waals surface area contributed by atoms with Gasteiger partial charge in [-0.15, -0.1) is 0 Å². The lowest BCUT2D eigenvalue weighted by Gasteiger charge is -2.10. The van der Waals surface area contributed by atoms with Gasteiger partial charge in [-0.1, -0.05) is 25.5 Å². The van der Waals surface area contributed by atoms with Gasteiger partial charge in [0, 0.05) is 18.3 Å². The van der Waals surface area contributed by atoms with E-state index >= 15 is 0 Å². The second-order valence-corrected chi connectivity index (χ2v) is 6.17. The number of benzene rings is 1. The third kappa shape index (κ3) is 5.74. The minimum absolute atomic E-state index is 0.257. The Morgan fingerprint density at radius 3 is 2.72 bits per heavy atom. The Labute approximate surface area is 150 Å². The smallest absolute Gasteiger partial charge is 0.362 e. The van der Waals surface area contributed by atoms with Crippen LogP contribution in [0.4, 0.5) is 19.0 Å². The highest BCUT2D eigenvalue weighted by atomic mass is 32.1. The molecule has 25 heavy (non-hydrogen) atoms. The van der Waals surface area contributed by atoms with Gasteiger partial charge in [-0.3, -0.25) is 4.68 Å². The van der Waals surface area contributed by atoms with E-state index in [0.29, 0.717) is 16.5 Å². The summed E-state index contributed by atoms with van der Waals surface area (Å²) >= 11 is 5.19. The van der Waals surface area contributed by atoms with E-state index in [1.54, 1.807) is 16.8 Å². The molecule has 0 unspecified atom stereocenters. The summed E-state index contributed by atoms with van der Waals surface area (Å²) in [5, 5.41) is 10.9. The standard InChI is InChI=1S/C17H21F3N4S/c1-3-4-8-21-16(25)22-15-9-12(2)24(23-15)11-13-6-5-7-14(10-13)17(18,19)20/h5-7,9-10H,3-4,8,11H2,1-2H3,(H2,21,22,23,25). The fraction of sp³-hybridized carbons (Fsp3) is 0.412. The Morgan fingerprint density at radius 2 is 2.04 bits per heavy atom. The van der Waals surface area contributed by atoms with Crippen LogP contribution in [0.3, 0.4) is 0 Å². The van der Waals surface area contributed by atoms with Crippen molar-refractivity contribution in [1.29, 1.82) is 0 Å². The number of unbranched alkanes of at least 4 members (excludes halogenated alkanes) is 1. The molecule has 0 amide bonds. The number of anilines is 1. The van der Waals surface area contributed by atoms with Crippen LogP contribution in [0.25, 0.3) is 0 Å². The number of aromatic nitrogens is 2. The van der Waals surface area contributed by atoms with Gasteiger partial charge in [0.1, 0.15) is 0 Å². The molecule has 2 rings (SSSR count). The average Bonchev–Trinajstić information content (AvgIpc) is 2.86. The number of aryl methyl sites for hydroxylation is 1. The van der Waals surface area contributed by atoms with Crippen molar-refractivity contribution in [3.05, 3.63) is 47.2 Å². The largest absolute Gasteiger partial charge is 0.416 e. The van der Waals surface area contributed by atoms with Crippen LogP contribution in [0.15, 0.2) is 30.3 Å². The van der Waals surface area contributed by atoms with Crippen molar-refractivity contribution in [1.82, 2.24) is 15.1 Å². The fourth-order valence-corrected chi connectivity index (χ4v) is 2.50. The molecule has 136 valence electrons.